The van der Waals surface area contributed by atoms with Gasteiger partial charge < -0.3 is 11.5 Å². The van der Waals surface area contributed by atoms with Crippen molar-refractivity contribution in [3.8, 4) is 0 Å². The molecule has 2 rings (SSSR count). The van der Waals surface area contributed by atoms with Crippen LogP contribution in [-0.4, -0.2) is 0 Å². The number of benzene rings is 2. The van der Waals surface area contributed by atoms with E-state index in [0.29, 0.717) is 0 Å². The zero-order valence-corrected chi connectivity index (χ0v) is 10.3. The molecule has 2 aromatic carbocycles. The number of halogens is 4. The predicted octanol–water partition coefficient (Wildman–Crippen LogP) is 2.94. The van der Waals surface area contributed by atoms with Crippen LogP contribution in [0.1, 0.15) is 23.2 Å². The van der Waals surface area contributed by atoms with Crippen molar-refractivity contribution in [1.29, 1.82) is 0 Å². The van der Waals surface area contributed by atoms with E-state index < -0.39 is 35.4 Å². The molecule has 6 heteroatoms. The highest BCUT2D eigenvalue weighted by atomic mass is 19.2. The standard InChI is InChI=1S/C14H12F4N2/c15-9-3-1-7(5-11(9)17)13(19)14(20)8-2-4-10(16)12(18)6-8/h1-6,13-14H,19-20H2. The molecule has 0 radical (unpaired) electrons. The van der Waals surface area contributed by atoms with Gasteiger partial charge in [0, 0.05) is 12.1 Å². The summed E-state index contributed by atoms with van der Waals surface area (Å²) in [5, 5.41) is 0. The van der Waals surface area contributed by atoms with Crippen LogP contribution in [-0.2, 0) is 0 Å². The summed E-state index contributed by atoms with van der Waals surface area (Å²) in [6.45, 7) is 0. The Kier molecular flexibility index (Phi) is 4.06. The Morgan fingerprint density at radius 1 is 0.600 bits per heavy atom. The highest BCUT2D eigenvalue weighted by Crippen LogP contribution is 2.26. The number of hydrogen-bond acceptors (Lipinski definition) is 2. The molecule has 2 atom stereocenters. The highest BCUT2D eigenvalue weighted by molar-refractivity contribution is 5.28. The summed E-state index contributed by atoms with van der Waals surface area (Å²) in [7, 11) is 0. The fraction of sp³-hybridized carbons (Fsp3) is 0.143. The fourth-order valence-electron chi connectivity index (χ4n) is 1.85. The van der Waals surface area contributed by atoms with Crippen LogP contribution >= 0.6 is 0 Å². The van der Waals surface area contributed by atoms with Crippen LogP contribution in [0.5, 0.6) is 0 Å². The molecule has 106 valence electrons. The van der Waals surface area contributed by atoms with E-state index in [-0.39, 0.29) is 11.1 Å². The lowest BCUT2D eigenvalue weighted by atomic mass is 9.94. The molecular formula is C14H12F4N2. The topological polar surface area (TPSA) is 52.0 Å². The maximum absolute atomic E-state index is 13.1. The molecule has 0 bridgehead atoms. The van der Waals surface area contributed by atoms with E-state index in [9.17, 15) is 17.6 Å². The van der Waals surface area contributed by atoms with E-state index in [2.05, 4.69) is 0 Å². The van der Waals surface area contributed by atoms with Crippen molar-refractivity contribution >= 4 is 0 Å². The fourth-order valence-corrected chi connectivity index (χ4v) is 1.85. The molecule has 0 heterocycles. The molecule has 0 aliphatic heterocycles. The Morgan fingerprint density at radius 2 is 0.950 bits per heavy atom. The maximum atomic E-state index is 13.1. The SMILES string of the molecule is NC(c1ccc(F)c(F)c1)C(N)c1ccc(F)c(F)c1. The summed E-state index contributed by atoms with van der Waals surface area (Å²) in [5.41, 5.74) is 12.2. The third-order valence-electron chi connectivity index (χ3n) is 3.04. The molecule has 0 saturated carbocycles. The lowest BCUT2D eigenvalue weighted by molar-refractivity contribution is 0.494. The van der Waals surface area contributed by atoms with Gasteiger partial charge in [0.15, 0.2) is 23.3 Å². The molecule has 0 amide bonds. The van der Waals surface area contributed by atoms with Crippen LogP contribution in [0.15, 0.2) is 36.4 Å². The average Bonchev–Trinajstić information content (AvgIpc) is 2.43. The first-order valence-corrected chi connectivity index (χ1v) is 5.81. The van der Waals surface area contributed by atoms with Crippen molar-refractivity contribution in [2.24, 2.45) is 11.5 Å². The molecule has 0 fully saturated rings. The Bertz CT molecular complexity index is 575. The molecular weight excluding hydrogens is 272 g/mol. The third-order valence-corrected chi connectivity index (χ3v) is 3.04. The second-order valence-corrected chi connectivity index (χ2v) is 4.40. The van der Waals surface area contributed by atoms with Crippen molar-refractivity contribution in [2.75, 3.05) is 0 Å². The Morgan fingerprint density at radius 3 is 1.25 bits per heavy atom. The minimum absolute atomic E-state index is 0.265. The van der Waals surface area contributed by atoms with Crippen LogP contribution < -0.4 is 11.5 Å². The molecule has 0 aliphatic carbocycles. The molecule has 0 spiro atoms. The highest BCUT2D eigenvalue weighted by Gasteiger charge is 2.20. The minimum atomic E-state index is -1.05. The molecule has 4 N–H and O–H groups in total. The van der Waals surface area contributed by atoms with Gasteiger partial charge in [0.05, 0.1) is 0 Å². The van der Waals surface area contributed by atoms with E-state index >= 15 is 0 Å². The minimum Gasteiger partial charge on any atom is -0.322 e. The Labute approximate surface area is 113 Å². The second-order valence-electron chi connectivity index (χ2n) is 4.40. The van der Waals surface area contributed by atoms with Crippen LogP contribution in [0.4, 0.5) is 17.6 Å². The van der Waals surface area contributed by atoms with Gasteiger partial charge in [-0.05, 0) is 35.4 Å². The van der Waals surface area contributed by atoms with Gasteiger partial charge in [-0.15, -0.1) is 0 Å². The summed E-state index contributed by atoms with van der Waals surface area (Å²) in [5.74, 6) is -4.09. The largest absolute Gasteiger partial charge is 0.322 e. The maximum Gasteiger partial charge on any atom is 0.159 e. The monoisotopic (exact) mass is 284 g/mol. The van der Waals surface area contributed by atoms with Crippen LogP contribution in [0, 0.1) is 23.3 Å². The first kappa shape index (κ1) is 14.5. The quantitative estimate of drug-likeness (QED) is 0.851. The molecule has 2 aromatic rings. The third kappa shape index (κ3) is 2.81. The van der Waals surface area contributed by atoms with E-state index in [1.165, 1.54) is 12.1 Å². The van der Waals surface area contributed by atoms with Gasteiger partial charge in [0.1, 0.15) is 0 Å². The molecule has 0 aliphatic rings. The predicted molar refractivity (Wildman–Crippen MR) is 66.6 cm³/mol. The molecule has 20 heavy (non-hydrogen) atoms. The first-order chi connectivity index (χ1) is 9.40. The average molecular weight is 284 g/mol. The zero-order valence-electron chi connectivity index (χ0n) is 10.3. The molecule has 2 nitrogen and oxygen atoms in total. The van der Waals surface area contributed by atoms with Gasteiger partial charge in [0.25, 0.3) is 0 Å². The normalized spacial score (nSPS) is 14.1. The number of rotatable bonds is 3. The summed E-state index contributed by atoms with van der Waals surface area (Å²) in [6, 6.07) is 4.56. The van der Waals surface area contributed by atoms with E-state index in [1.807, 2.05) is 0 Å². The summed E-state index contributed by atoms with van der Waals surface area (Å²) in [6.07, 6.45) is 0. The van der Waals surface area contributed by atoms with Gasteiger partial charge >= 0.3 is 0 Å². The van der Waals surface area contributed by atoms with Crippen molar-refractivity contribution in [2.45, 2.75) is 12.1 Å². The molecule has 0 aromatic heterocycles. The summed E-state index contributed by atoms with van der Waals surface area (Å²) < 4.78 is 52.0. The molecule has 2 unspecified atom stereocenters. The van der Waals surface area contributed by atoms with Crippen LogP contribution in [0.2, 0.25) is 0 Å². The van der Waals surface area contributed by atoms with Gasteiger partial charge in [-0.2, -0.15) is 0 Å². The van der Waals surface area contributed by atoms with Gasteiger partial charge in [0.2, 0.25) is 0 Å². The van der Waals surface area contributed by atoms with Crippen molar-refractivity contribution < 1.29 is 17.6 Å². The molecule has 0 saturated heterocycles. The van der Waals surface area contributed by atoms with E-state index in [4.69, 9.17) is 11.5 Å². The van der Waals surface area contributed by atoms with Crippen LogP contribution in [0.3, 0.4) is 0 Å². The van der Waals surface area contributed by atoms with Crippen molar-refractivity contribution in [3.63, 3.8) is 0 Å². The van der Waals surface area contributed by atoms with Gasteiger partial charge in [-0.25, -0.2) is 17.6 Å². The lowest BCUT2D eigenvalue weighted by Crippen LogP contribution is -2.26. The van der Waals surface area contributed by atoms with Crippen molar-refractivity contribution in [3.05, 3.63) is 70.8 Å². The van der Waals surface area contributed by atoms with Crippen LogP contribution in [0.25, 0.3) is 0 Å². The summed E-state index contributed by atoms with van der Waals surface area (Å²) in [4.78, 5) is 0. The van der Waals surface area contributed by atoms with E-state index in [1.54, 1.807) is 0 Å². The van der Waals surface area contributed by atoms with Crippen molar-refractivity contribution in [1.82, 2.24) is 0 Å². The Balaban J connectivity index is 2.29. The zero-order chi connectivity index (χ0) is 14.9. The number of hydrogen-bond donors (Lipinski definition) is 2. The Hall–Kier alpha value is -1.92. The van der Waals surface area contributed by atoms with Gasteiger partial charge in [-0.1, -0.05) is 12.1 Å². The second kappa shape index (κ2) is 5.60. The van der Waals surface area contributed by atoms with E-state index in [0.717, 1.165) is 24.3 Å². The first-order valence-electron chi connectivity index (χ1n) is 5.81. The smallest absolute Gasteiger partial charge is 0.159 e. The lowest BCUT2D eigenvalue weighted by Gasteiger charge is -2.21. The number of nitrogens with two attached hydrogens (primary N) is 2. The summed E-state index contributed by atoms with van der Waals surface area (Å²) >= 11 is 0. The van der Waals surface area contributed by atoms with Gasteiger partial charge in [-0.3, -0.25) is 0 Å².